The Labute approximate surface area is 129 Å². The zero-order chi connectivity index (χ0) is 15.4. The van der Waals surface area contributed by atoms with E-state index in [9.17, 15) is 13.6 Å². The molecule has 0 saturated heterocycles. The number of aryl methyl sites for hydroxylation is 1. The highest BCUT2D eigenvalue weighted by Crippen LogP contribution is 2.40. The van der Waals surface area contributed by atoms with Gasteiger partial charge in [-0.2, -0.15) is 0 Å². The maximum Gasteiger partial charge on any atom is 0.274 e. The molecule has 21 heavy (non-hydrogen) atoms. The summed E-state index contributed by atoms with van der Waals surface area (Å²) in [6, 6.07) is 3.75. The van der Waals surface area contributed by atoms with Crippen LogP contribution < -0.4 is 5.56 Å². The van der Waals surface area contributed by atoms with Crippen LogP contribution in [0.5, 0.6) is 0 Å². The van der Waals surface area contributed by atoms with Crippen LogP contribution in [0.4, 0.5) is 8.78 Å². The lowest BCUT2D eigenvalue weighted by Gasteiger charge is -2.30. The molecule has 1 fully saturated rings. The van der Waals surface area contributed by atoms with E-state index in [1.165, 1.54) is 0 Å². The van der Waals surface area contributed by atoms with Crippen molar-refractivity contribution in [2.24, 2.45) is 7.05 Å². The van der Waals surface area contributed by atoms with Crippen LogP contribution in [-0.4, -0.2) is 15.3 Å². The maximum atomic E-state index is 13.4. The Morgan fingerprint density at radius 2 is 1.90 bits per heavy atom. The van der Waals surface area contributed by atoms with Crippen LogP contribution in [0.25, 0.3) is 10.9 Å². The smallest absolute Gasteiger partial charge is 0.274 e. The summed E-state index contributed by atoms with van der Waals surface area (Å²) in [5, 5.41) is 0.640. The first-order valence-corrected chi connectivity index (χ1v) is 7.84. The zero-order valence-electron chi connectivity index (χ0n) is 12.0. The van der Waals surface area contributed by atoms with Gasteiger partial charge in [0.05, 0.1) is 16.9 Å². The van der Waals surface area contributed by atoms with Gasteiger partial charge in [-0.3, -0.25) is 14.2 Å². The second-order valence-corrected chi connectivity index (χ2v) is 6.76. The minimum atomic E-state index is -2.56. The molecule has 3 nitrogen and oxygen atoms in total. The van der Waals surface area contributed by atoms with Gasteiger partial charge >= 0.3 is 0 Å². The van der Waals surface area contributed by atoms with Gasteiger partial charge in [-0.05, 0) is 53.4 Å². The number of alkyl halides is 2. The van der Waals surface area contributed by atoms with Crippen LogP contribution in [0.2, 0.25) is 0 Å². The van der Waals surface area contributed by atoms with Gasteiger partial charge in [-0.15, -0.1) is 0 Å². The van der Waals surface area contributed by atoms with E-state index in [-0.39, 0.29) is 24.4 Å². The Bertz CT molecular complexity index is 753. The fourth-order valence-electron chi connectivity index (χ4n) is 3.25. The molecule has 1 heterocycles. The standard InChI is InChI=1S/C15H17BrF2N2O/c1-9-7-11-13(12(16)8-9)20(19(2)14(11)21)10-3-5-15(17,18)6-4-10/h7-8,10H,3-6H2,1-2H3. The molecule has 0 aliphatic heterocycles. The van der Waals surface area contributed by atoms with Gasteiger partial charge < -0.3 is 0 Å². The molecular weight excluding hydrogens is 342 g/mol. The first-order valence-electron chi connectivity index (χ1n) is 7.05. The summed E-state index contributed by atoms with van der Waals surface area (Å²) >= 11 is 3.51. The van der Waals surface area contributed by atoms with E-state index in [1.54, 1.807) is 11.7 Å². The normalized spacial score (nSPS) is 19.3. The van der Waals surface area contributed by atoms with E-state index >= 15 is 0 Å². The number of fused-ring (bicyclic) bond motifs is 1. The van der Waals surface area contributed by atoms with Crippen molar-refractivity contribution in [1.82, 2.24) is 9.36 Å². The van der Waals surface area contributed by atoms with Gasteiger partial charge in [0.1, 0.15) is 0 Å². The summed E-state index contributed by atoms with van der Waals surface area (Å²) in [6.07, 6.45) is 0.554. The number of hydrogen-bond acceptors (Lipinski definition) is 1. The molecule has 1 saturated carbocycles. The molecular formula is C15H17BrF2N2O. The molecule has 0 radical (unpaired) electrons. The number of halogens is 3. The van der Waals surface area contributed by atoms with Gasteiger partial charge in [0.15, 0.2) is 0 Å². The molecule has 0 bridgehead atoms. The van der Waals surface area contributed by atoms with Crippen LogP contribution in [0.1, 0.15) is 37.3 Å². The van der Waals surface area contributed by atoms with Gasteiger partial charge in [-0.25, -0.2) is 8.78 Å². The van der Waals surface area contributed by atoms with E-state index in [4.69, 9.17) is 0 Å². The number of benzene rings is 1. The average Bonchev–Trinajstić information content (AvgIpc) is 2.64. The lowest BCUT2D eigenvalue weighted by atomic mass is 9.92. The minimum absolute atomic E-state index is 0.0566. The molecule has 2 aromatic rings. The van der Waals surface area contributed by atoms with Crippen LogP contribution in [-0.2, 0) is 7.05 Å². The van der Waals surface area contributed by atoms with Crippen molar-refractivity contribution in [3.8, 4) is 0 Å². The Morgan fingerprint density at radius 1 is 1.29 bits per heavy atom. The Balaban J connectivity index is 2.15. The van der Waals surface area contributed by atoms with Crippen molar-refractivity contribution >= 4 is 26.8 Å². The van der Waals surface area contributed by atoms with E-state index < -0.39 is 5.92 Å². The third-order valence-electron chi connectivity index (χ3n) is 4.32. The summed E-state index contributed by atoms with van der Waals surface area (Å²) in [4.78, 5) is 12.4. The summed E-state index contributed by atoms with van der Waals surface area (Å²) < 4.78 is 31.0. The van der Waals surface area contributed by atoms with Gasteiger partial charge in [-0.1, -0.05) is 0 Å². The molecule has 1 aromatic heterocycles. The van der Waals surface area contributed by atoms with Crippen LogP contribution >= 0.6 is 15.9 Å². The molecule has 114 valence electrons. The van der Waals surface area contributed by atoms with E-state index in [2.05, 4.69) is 15.9 Å². The quantitative estimate of drug-likeness (QED) is 0.751. The first kappa shape index (κ1) is 14.8. The van der Waals surface area contributed by atoms with Crippen LogP contribution in [0.3, 0.4) is 0 Å². The zero-order valence-corrected chi connectivity index (χ0v) is 13.6. The number of rotatable bonds is 1. The Hall–Kier alpha value is -1.17. The summed E-state index contributed by atoms with van der Waals surface area (Å²) in [5.74, 6) is -2.56. The first-order chi connectivity index (χ1) is 9.80. The van der Waals surface area contributed by atoms with Crippen LogP contribution in [0.15, 0.2) is 21.4 Å². The van der Waals surface area contributed by atoms with Crippen LogP contribution in [0, 0.1) is 6.92 Å². The van der Waals surface area contributed by atoms with Crippen molar-refractivity contribution in [2.75, 3.05) is 0 Å². The SMILES string of the molecule is Cc1cc(Br)c2c(c1)c(=O)n(C)n2C1CCC(F)(F)CC1. The molecule has 3 rings (SSSR count). The lowest BCUT2D eigenvalue weighted by molar-refractivity contribution is -0.0455. The molecule has 1 aromatic carbocycles. The number of aromatic nitrogens is 2. The van der Waals surface area contributed by atoms with Crippen molar-refractivity contribution in [3.63, 3.8) is 0 Å². The maximum absolute atomic E-state index is 13.4. The lowest BCUT2D eigenvalue weighted by Crippen LogP contribution is -2.30. The topological polar surface area (TPSA) is 26.9 Å². The molecule has 0 atom stereocenters. The summed E-state index contributed by atoms with van der Waals surface area (Å²) in [7, 11) is 1.71. The minimum Gasteiger partial charge on any atom is -0.278 e. The van der Waals surface area contributed by atoms with E-state index in [0.717, 1.165) is 15.6 Å². The third kappa shape index (κ3) is 2.43. The van der Waals surface area contributed by atoms with Gasteiger partial charge in [0, 0.05) is 24.4 Å². The molecule has 1 aliphatic rings. The highest BCUT2D eigenvalue weighted by atomic mass is 79.9. The van der Waals surface area contributed by atoms with Crippen molar-refractivity contribution in [1.29, 1.82) is 0 Å². The molecule has 0 unspecified atom stereocenters. The monoisotopic (exact) mass is 358 g/mol. The predicted molar refractivity (Wildman–Crippen MR) is 82.1 cm³/mol. The van der Waals surface area contributed by atoms with Crippen molar-refractivity contribution < 1.29 is 8.78 Å². The van der Waals surface area contributed by atoms with Crippen molar-refractivity contribution in [3.05, 3.63) is 32.5 Å². The molecule has 0 N–H and O–H groups in total. The van der Waals surface area contributed by atoms with Gasteiger partial charge in [0.25, 0.3) is 5.56 Å². The second kappa shape index (κ2) is 4.93. The van der Waals surface area contributed by atoms with Crippen molar-refractivity contribution in [2.45, 2.75) is 44.6 Å². The molecule has 0 amide bonds. The fraction of sp³-hybridized carbons (Fsp3) is 0.533. The average molecular weight is 359 g/mol. The Kier molecular flexibility index (Phi) is 3.47. The van der Waals surface area contributed by atoms with Gasteiger partial charge in [0.2, 0.25) is 5.92 Å². The summed E-state index contributed by atoms with van der Waals surface area (Å²) in [5.41, 5.74) is 1.73. The second-order valence-electron chi connectivity index (χ2n) is 5.90. The molecule has 1 aliphatic carbocycles. The molecule has 6 heteroatoms. The number of nitrogens with zero attached hydrogens (tertiary/aromatic N) is 2. The summed E-state index contributed by atoms with van der Waals surface area (Å²) in [6.45, 7) is 1.93. The highest BCUT2D eigenvalue weighted by molar-refractivity contribution is 9.10. The van der Waals surface area contributed by atoms with E-state index in [1.807, 2.05) is 23.7 Å². The number of hydrogen-bond donors (Lipinski definition) is 0. The largest absolute Gasteiger partial charge is 0.278 e. The fourth-order valence-corrected chi connectivity index (χ4v) is 4.01. The highest BCUT2D eigenvalue weighted by Gasteiger charge is 2.36. The molecule has 0 spiro atoms. The Morgan fingerprint density at radius 3 is 2.52 bits per heavy atom. The van der Waals surface area contributed by atoms with E-state index in [0.29, 0.717) is 18.2 Å². The predicted octanol–water partition coefficient (Wildman–Crippen LogP) is 4.16. The third-order valence-corrected chi connectivity index (χ3v) is 4.92.